The average Bonchev–Trinajstić information content (AvgIpc) is 3.16. The van der Waals surface area contributed by atoms with Gasteiger partial charge in [-0.05, 0) is 56.8 Å². The lowest BCUT2D eigenvalue weighted by atomic mass is 9.75. The molecule has 0 radical (unpaired) electrons. The number of aliphatic hydroxyl groups is 1. The zero-order chi connectivity index (χ0) is 14.1. The van der Waals surface area contributed by atoms with Crippen LogP contribution >= 0.6 is 0 Å². The molecule has 0 bridgehead atoms. The van der Waals surface area contributed by atoms with Crippen molar-refractivity contribution in [3.05, 3.63) is 11.6 Å². The number of hydrogen-bond acceptors (Lipinski definition) is 2. The molecule has 2 aliphatic carbocycles. The van der Waals surface area contributed by atoms with Gasteiger partial charge in [-0.3, -0.25) is 4.79 Å². The Morgan fingerprint density at radius 2 is 2.00 bits per heavy atom. The summed E-state index contributed by atoms with van der Waals surface area (Å²) >= 11 is 0. The van der Waals surface area contributed by atoms with Gasteiger partial charge in [0, 0.05) is 6.08 Å². The summed E-state index contributed by atoms with van der Waals surface area (Å²) in [6.45, 7) is 6.56. The monoisotopic (exact) mass is 265 g/mol. The number of nitrogens with one attached hydrogen (secondary N) is 1. The van der Waals surface area contributed by atoms with E-state index in [1.54, 1.807) is 6.08 Å². The van der Waals surface area contributed by atoms with E-state index < -0.39 is 5.54 Å². The normalized spacial score (nSPS) is 25.6. The fraction of sp³-hybridized carbons (Fsp3) is 0.812. The van der Waals surface area contributed by atoms with Gasteiger partial charge in [0.25, 0.3) is 0 Å². The van der Waals surface area contributed by atoms with E-state index >= 15 is 0 Å². The lowest BCUT2D eigenvalue weighted by Gasteiger charge is -2.31. The number of rotatable bonds is 4. The minimum absolute atomic E-state index is 0.0274. The maximum atomic E-state index is 12.1. The van der Waals surface area contributed by atoms with E-state index in [0.29, 0.717) is 11.3 Å². The number of amides is 1. The van der Waals surface area contributed by atoms with Crippen LogP contribution in [-0.4, -0.2) is 23.2 Å². The molecule has 2 aliphatic rings. The molecule has 2 saturated carbocycles. The van der Waals surface area contributed by atoms with Gasteiger partial charge >= 0.3 is 0 Å². The van der Waals surface area contributed by atoms with Crippen molar-refractivity contribution < 1.29 is 9.90 Å². The molecule has 19 heavy (non-hydrogen) atoms. The van der Waals surface area contributed by atoms with Crippen LogP contribution in [0.4, 0.5) is 0 Å². The van der Waals surface area contributed by atoms with E-state index in [2.05, 4.69) is 19.2 Å². The van der Waals surface area contributed by atoms with Crippen LogP contribution in [0.1, 0.15) is 59.3 Å². The topological polar surface area (TPSA) is 49.3 Å². The molecule has 0 spiro atoms. The van der Waals surface area contributed by atoms with Gasteiger partial charge in [-0.2, -0.15) is 0 Å². The van der Waals surface area contributed by atoms with E-state index in [-0.39, 0.29) is 12.5 Å². The van der Waals surface area contributed by atoms with Gasteiger partial charge in [-0.25, -0.2) is 0 Å². The van der Waals surface area contributed by atoms with E-state index in [0.717, 1.165) is 38.5 Å². The van der Waals surface area contributed by atoms with Crippen molar-refractivity contribution in [2.75, 3.05) is 6.61 Å². The van der Waals surface area contributed by atoms with Gasteiger partial charge in [-0.15, -0.1) is 0 Å². The molecule has 2 N–H and O–H groups in total. The van der Waals surface area contributed by atoms with E-state index in [9.17, 15) is 9.90 Å². The quantitative estimate of drug-likeness (QED) is 0.768. The third kappa shape index (κ3) is 3.82. The number of aliphatic hydroxyl groups excluding tert-OH is 1. The highest BCUT2D eigenvalue weighted by Gasteiger charge is 2.41. The van der Waals surface area contributed by atoms with Crippen molar-refractivity contribution in [1.29, 1.82) is 0 Å². The summed E-state index contributed by atoms with van der Waals surface area (Å²) in [7, 11) is 0. The molecule has 1 amide bonds. The van der Waals surface area contributed by atoms with Crippen LogP contribution in [0.15, 0.2) is 11.6 Å². The van der Waals surface area contributed by atoms with Gasteiger partial charge in [0.05, 0.1) is 12.1 Å². The van der Waals surface area contributed by atoms with Crippen molar-refractivity contribution in [1.82, 2.24) is 5.32 Å². The largest absolute Gasteiger partial charge is 0.394 e. The Hall–Kier alpha value is -0.830. The first-order valence-corrected chi connectivity index (χ1v) is 7.47. The zero-order valence-electron chi connectivity index (χ0n) is 12.5. The Morgan fingerprint density at radius 3 is 2.47 bits per heavy atom. The summed E-state index contributed by atoms with van der Waals surface area (Å²) in [5, 5.41) is 12.5. The van der Waals surface area contributed by atoms with Gasteiger partial charge < -0.3 is 10.4 Å². The van der Waals surface area contributed by atoms with Crippen molar-refractivity contribution in [2.45, 2.75) is 64.8 Å². The smallest absolute Gasteiger partial charge is 0.244 e. The number of allylic oxidation sites excluding steroid dienone is 1. The number of carbonyl (C=O) groups excluding carboxylic acids is 1. The molecule has 2 rings (SSSR count). The fourth-order valence-corrected chi connectivity index (χ4v) is 2.89. The molecular formula is C16H27NO2. The van der Waals surface area contributed by atoms with Crippen LogP contribution < -0.4 is 5.32 Å². The molecule has 3 nitrogen and oxygen atoms in total. The average molecular weight is 265 g/mol. The van der Waals surface area contributed by atoms with Crippen LogP contribution in [0.25, 0.3) is 0 Å². The third-order valence-electron chi connectivity index (χ3n) is 4.80. The maximum Gasteiger partial charge on any atom is 0.244 e. The Morgan fingerprint density at radius 1 is 1.42 bits per heavy atom. The van der Waals surface area contributed by atoms with Crippen molar-refractivity contribution in [3.8, 4) is 0 Å². The lowest BCUT2D eigenvalue weighted by Crippen LogP contribution is -2.50. The van der Waals surface area contributed by atoms with E-state index in [4.69, 9.17) is 0 Å². The minimum atomic E-state index is -0.428. The summed E-state index contributed by atoms with van der Waals surface area (Å²) in [6, 6.07) is 0. The molecule has 2 fully saturated rings. The second-order valence-electron chi connectivity index (χ2n) is 7.31. The fourth-order valence-electron chi connectivity index (χ4n) is 2.89. The van der Waals surface area contributed by atoms with Crippen LogP contribution in [0.5, 0.6) is 0 Å². The first-order valence-electron chi connectivity index (χ1n) is 7.47. The molecule has 1 unspecified atom stereocenters. The number of hydrogen-bond donors (Lipinski definition) is 2. The summed E-state index contributed by atoms with van der Waals surface area (Å²) in [5.74, 6) is 0.420. The minimum Gasteiger partial charge on any atom is -0.394 e. The van der Waals surface area contributed by atoms with Gasteiger partial charge in [-0.1, -0.05) is 19.4 Å². The zero-order valence-corrected chi connectivity index (χ0v) is 12.5. The van der Waals surface area contributed by atoms with Gasteiger partial charge in [0.15, 0.2) is 0 Å². The predicted octanol–water partition coefficient (Wildman–Crippen LogP) is 2.79. The standard InChI is InChI=1S/C16H27NO2/c1-15(2)8-6-12(7-9-15)10-14(19)17-16(3,11-18)13-4-5-13/h10,13,18H,4-9,11H2,1-3H3,(H,17,19). The Labute approximate surface area is 116 Å². The summed E-state index contributed by atoms with van der Waals surface area (Å²) in [6.07, 6.45) is 8.37. The Balaban J connectivity index is 1.90. The van der Waals surface area contributed by atoms with E-state index in [1.165, 1.54) is 5.57 Å². The van der Waals surface area contributed by atoms with E-state index in [1.807, 2.05) is 6.92 Å². The van der Waals surface area contributed by atoms with Crippen LogP contribution in [-0.2, 0) is 4.79 Å². The molecule has 0 aromatic carbocycles. The lowest BCUT2D eigenvalue weighted by molar-refractivity contribution is -0.119. The summed E-state index contributed by atoms with van der Waals surface area (Å²) < 4.78 is 0. The third-order valence-corrected chi connectivity index (χ3v) is 4.80. The van der Waals surface area contributed by atoms with Gasteiger partial charge in [0.1, 0.15) is 0 Å². The summed E-state index contributed by atoms with van der Waals surface area (Å²) in [4.78, 5) is 12.1. The van der Waals surface area contributed by atoms with Crippen molar-refractivity contribution in [3.63, 3.8) is 0 Å². The second kappa shape index (κ2) is 5.28. The molecule has 108 valence electrons. The first kappa shape index (κ1) is 14.6. The Kier molecular flexibility index (Phi) is 4.05. The van der Waals surface area contributed by atoms with Crippen LogP contribution in [0.3, 0.4) is 0 Å². The SMILES string of the molecule is CC1(C)CCC(=CC(=O)NC(C)(CO)C2CC2)CC1. The van der Waals surface area contributed by atoms with Crippen molar-refractivity contribution >= 4 is 5.91 Å². The molecular weight excluding hydrogens is 238 g/mol. The molecule has 0 aromatic rings. The molecule has 0 aliphatic heterocycles. The highest BCUT2D eigenvalue weighted by Crippen LogP contribution is 2.40. The molecule has 3 heteroatoms. The Bertz CT molecular complexity index is 370. The highest BCUT2D eigenvalue weighted by molar-refractivity contribution is 5.88. The molecule has 1 atom stereocenters. The second-order valence-corrected chi connectivity index (χ2v) is 7.31. The van der Waals surface area contributed by atoms with Gasteiger partial charge in [0.2, 0.25) is 5.91 Å². The first-order chi connectivity index (χ1) is 8.85. The highest BCUT2D eigenvalue weighted by atomic mass is 16.3. The van der Waals surface area contributed by atoms with Crippen LogP contribution in [0.2, 0.25) is 0 Å². The maximum absolute atomic E-state index is 12.1. The predicted molar refractivity (Wildman–Crippen MR) is 76.7 cm³/mol. The number of carbonyl (C=O) groups is 1. The van der Waals surface area contributed by atoms with Crippen molar-refractivity contribution in [2.24, 2.45) is 11.3 Å². The molecule has 0 heterocycles. The molecule has 0 saturated heterocycles. The molecule has 0 aromatic heterocycles. The summed E-state index contributed by atoms with van der Waals surface area (Å²) in [5.41, 5.74) is 1.25. The van der Waals surface area contributed by atoms with Crippen LogP contribution in [0, 0.1) is 11.3 Å².